The first-order valence-corrected chi connectivity index (χ1v) is 50.5. The number of ether oxygens (including phenoxy) is 8. The van der Waals surface area contributed by atoms with Gasteiger partial charge in [0.05, 0.1) is 13.2 Å². The molecular weight excluding hydrogens is 1570 g/mol. The molecule has 19 atom stereocenters. The van der Waals surface area contributed by atoms with Crippen molar-refractivity contribution in [3.8, 4) is 0 Å². The van der Waals surface area contributed by atoms with E-state index in [2.05, 4.69) is 58.9 Å². The van der Waals surface area contributed by atoms with Crippen molar-refractivity contribution in [1.82, 2.24) is 0 Å². The van der Waals surface area contributed by atoms with Gasteiger partial charge >= 0.3 is 31.7 Å². The van der Waals surface area contributed by atoms with E-state index in [-0.39, 0.29) is 25.7 Å². The fraction of sp³-hybridized carbons (Fsp3) is 0.916. The molecule has 0 spiro atoms. The van der Waals surface area contributed by atoms with Crippen LogP contribution in [0.3, 0.4) is 0 Å². The van der Waals surface area contributed by atoms with Gasteiger partial charge in [-0.1, -0.05) is 341 Å². The van der Waals surface area contributed by atoms with Crippen LogP contribution in [-0.2, 0) is 70.7 Å². The number of rotatable bonds is 79. The lowest BCUT2D eigenvalue weighted by Gasteiger charge is -2.50. The van der Waals surface area contributed by atoms with Crippen LogP contribution in [0.2, 0.25) is 0 Å². The average molecular weight is 1750 g/mol. The summed E-state index contributed by atoms with van der Waals surface area (Å²) in [5.41, 5.74) is 0. The summed E-state index contributed by atoms with van der Waals surface area (Å²) in [5.74, 6) is -2.34. The average Bonchev–Trinajstić information content (AvgIpc) is 0.753. The van der Waals surface area contributed by atoms with Crippen molar-refractivity contribution >= 4 is 31.7 Å². The smallest absolute Gasteiger partial charge is 0.463 e. The van der Waals surface area contributed by atoms with Crippen LogP contribution in [0.15, 0.2) is 24.3 Å². The molecule has 1 aliphatic carbocycles. The third-order valence-corrected chi connectivity index (χ3v) is 25.1. The number of aliphatic hydroxyl groups excluding tert-OH is 9. The molecule has 0 amide bonds. The maximum atomic E-state index is 14.9. The Labute approximate surface area is 730 Å². The van der Waals surface area contributed by atoms with Crippen LogP contribution < -0.4 is 0 Å². The van der Waals surface area contributed by atoms with Gasteiger partial charge in [-0.2, -0.15) is 0 Å². The molecule has 3 fully saturated rings. The van der Waals surface area contributed by atoms with Gasteiger partial charge in [-0.15, -0.1) is 0 Å². The maximum Gasteiger partial charge on any atom is 0.472 e. The molecule has 0 aromatic carbocycles. The topological polar surface area (TPSA) is 380 Å². The van der Waals surface area contributed by atoms with Crippen LogP contribution in [-0.4, -0.2) is 205 Å². The minimum Gasteiger partial charge on any atom is -0.463 e. The zero-order chi connectivity index (χ0) is 88.4. The highest BCUT2D eigenvalue weighted by Gasteiger charge is 2.60. The lowest BCUT2D eigenvalue weighted by Crippen LogP contribution is -2.70. The number of carbonyl (C=O) groups excluding carboxylic acids is 4. The summed E-state index contributed by atoms with van der Waals surface area (Å²) in [6.07, 6.45) is 32.9. The Kier molecular flexibility index (Phi) is 67.5. The van der Waals surface area contributed by atoms with Crippen LogP contribution in [0.25, 0.3) is 0 Å². The highest BCUT2D eigenvalue weighted by atomic mass is 31.2. The summed E-state index contributed by atoms with van der Waals surface area (Å²) in [4.78, 5) is 66.6. The summed E-state index contributed by atoms with van der Waals surface area (Å²) < 4.78 is 73.6. The predicted molar refractivity (Wildman–Crippen MR) is 472 cm³/mol. The van der Waals surface area contributed by atoms with E-state index in [0.29, 0.717) is 44.4 Å². The molecule has 0 bridgehead atoms. The van der Waals surface area contributed by atoms with E-state index in [9.17, 15) is 74.6 Å². The highest BCUT2D eigenvalue weighted by Crippen LogP contribution is 2.49. The minimum absolute atomic E-state index is 0.00928. The second kappa shape index (κ2) is 72.8. The molecule has 0 aromatic rings. The summed E-state index contributed by atoms with van der Waals surface area (Å²) in [5, 5.41) is 103. The number of carbonyl (C=O) groups is 4. The van der Waals surface area contributed by atoms with E-state index >= 15 is 0 Å². The van der Waals surface area contributed by atoms with Crippen LogP contribution in [0.1, 0.15) is 420 Å². The maximum absolute atomic E-state index is 14.9. The Morgan fingerprint density at radius 2 is 0.669 bits per heavy atom. The molecule has 1 saturated carbocycles. The molecule has 0 aromatic heterocycles. The van der Waals surface area contributed by atoms with Gasteiger partial charge in [-0.3, -0.25) is 28.2 Å². The summed E-state index contributed by atoms with van der Waals surface area (Å²) >= 11 is 0. The van der Waals surface area contributed by atoms with E-state index in [0.717, 1.165) is 161 Å². The lowest BCUT2D eigenvalue weighted by molar-refractivity contribution is -0.360. The molecule has 2 saturated heterocycles. The van der Waals surface area contributed by atoms with Gasteiger partial charge in [0.25, 0.3) is 0 Å². The quantitative estimate of drug-likeness (QED) is 0.00889. The van der Waals surface area contributed by atoms with E-state index < -0.39 is 162 Å². The number of allylic oxidation sites excluding steroid dienone is 4. The summed E-state index contributed by atoms with van der Waals surface area (Å²) in [7, 11) is -5.81. The second-order valence-corrected chi connectivity index (χ2v) is 36.6. The van der Waals surface area contributed by atoms with Gasteiger partial charge in [-0.05, 0) is 83.0 Å². The molecule has 10 N–H and O–H groups in total. The van der Waals surface area contributed by atoms with Crippen molar-refractivity contribution < 1.29 is 122 Å². The zero-order valence-corrected chi connectivity index (χ0v) is 76.9. The number of hydrogen-bond donors (Lipinski definition) is 10. The molecule has 3 rings (SSSR count). The SMILES string of the molecule is CCCCCC/C=C\CCCCCCCCCC(=O)OCC1OC(OC2C(OC(=O)CCCCCCCCC(C)CCCCCCCC)C(O)C(O)C(OC3OC(CO)C(O)C(O)C3O)C2OP(=O)(O)OCC(COC(=O)CCCCCCCCCCCCCCCCCC)OC(=O)CCCCCCCCC/C=C\CCCCCC)C(O)C(O)C1O. The standard InChI is InChI=1S/C95H175O25P/c1-6-10-14-18-22-25-28-31-34-37-39-41-44-47-54-60-66-78(97)111-71-75(114-80(99)68-62-56-49-46-43-40-36-33-30-27-24-20-16-12-8-3)72-113-121(109,110)120-93-91(118-94-88(107)84(103)82(101)76(70-96)115-94)87(106)86(105)90(117-81(100)69-63-57-51-50-53-59-65-74(5)64-58-52-21-17-13-9-4)92(93)119-95-89(108)85(104)83(102)77(116-95)73-112-79(98)67-61-55-48-45-42-38-35-32-29-26-23-19-15-11-7-2/h26-27,29-30,74-77,82-96,101-108H,6-25,28,31-73H2,1-5H3,(H,109,110)/b29-26-,30-27-. The molecule has 19 unspecified atom stereocenters. The van der Waals surface area contributed by atoms with Crippen LogP contribution >= 0.6 is 7.82 Å². The number of aliphatic hydroxyl groups is 9. The Hall–Kier alpha value is -3.05. The van der Waals surface area contributed by atoms with E-state index in [1.807, 2.05) is 0 Å². The molecule has 0 radical (unpaired) electrons. The number of unbranched alkanes of at least 4 members (excludes halogenated alkanes) is 47. The predicted octanol–water partition coefficient (Wildman–Crippen LogP) is 18.7. The highest BCUT2D eigenvalue weighted by molar-refractivity contribution is 7.47. The fourth-order valence-electron chi connectivity index (χ4n) is 16.2. The van der Waals surface area contributed by atoms with E-state index in [4.69, 9.17) is 46.9 Å². The molecule has 2 heterocycles. The van der Waals surface area contributed by atoms with Crippen molar-refractivity contribution in [2.45, 2.75) is 524 Å². The normalized spacial score (nSPS) is 25.0. The van der Waals surface area contributed by atoms with Crippen molar-refractivity contribution in [1.29, 1.82) is 0 Å². The first-order valence-electron chi connectivity index (χ1n) is 49.0. The Bertz CT molecular complexity index is 2620. The van der Waals surface area contributed by atoms with E-state index in [1.165, 1.54) is 161 Å². The van der Waals surface area contributed by atoms with Crippen molar-refractivity contribution in [3.05, 3.63) is 24.3 Å². The molecule has 25 nitrogen and oxygen atoms in total. The zero-order valence-electron chi connectivity index (χ0n) is 76.0. The summed E-state index contributed by atoms with van der Waals surface area (Å²) in [6, 6.07) is 0. The van der Waals surface area contributed by atoms with Gasteiger partial charge in [-0.25, -0.2) is 4.57 Å². The molecule has 26 heteroatoms. The molecule has 121 heavy (non-hydrogen) atoms. The van der Waals surface area contributed by atoms with Gasteiger partial charge in [0.1, 0.15) is 92.6 Å². The molecular formula is C95H175O25P. The Morgan fingerprint density at radius 1 is 0.347 bits per heavy atom. The van der Waals surface area contributed by atoms with E-state index in [1.54, 1.807) is 0 Å². The summed E-state index contributed by atoms with van der Waals surface area (Å²) in [6.45, 7) is 7.90. The fourth-order valence-corrected chi connectivity index (χ4v) is 17.2. The van der Waals surface area contributed by atoms with Crippen molar-refractivity contribution in [2.75, 3.05) is 26.4 Å². The van der Waals surface area contributed by atoms with Crippen molar-refractivity contribution in [3.63, 3.8) is 0 Å². The van der Waals surface area contributed by atoms with Gasteiger partial charge in [0, 0.05) is 25.7 Å². The number of esters is 4. The molecule has 3 aliphatic rings. The third-order valence-electron chi connectivity index (χ3n) is 24.1. The molecule has 2 aliphatic heterocycles. The Morgan fingerprint density at radius 3 is 1.07 bits per heavy atom. The van der Waals surface area contributed by atoms with Crippen molar-refractivity contribution in [2.24, 2.45) is 5.92 Å². The second-order valence-electron chi connectivity index (χ2n) is 35.2. The molecule has 710 valence electrons. The van der Waals surface area contributed by atoms with Gasteiger partial charge in [0.2, 0.25) is 0 Å². The first-order chi connectivity index (χ1) is 58.6. The van der Waals surface area contributed by atoms with Crippen LogP contribution in [0, 0.1) is 5.92 Å². The largest absolute Gasteiger partial charge is 0.472 e. The third kappa shape index (κ3) is 52.9. The monoisotopic (exact) mass is 1750 g/mol. The van der Waals surface area contributed by atoms with Gasteiger partial charge < -0.3 is 88.7 Å². The van der Waals surface area contributed by atoms with Gasteiger partial charge in [0.15, 0.2) is 24.8 Å². The first kappa shape index (κ1) is 112. The van der Waals surface area contributed by atoms with Crippen LogP contribution in [0.5, 0.6) is 0 Å². The number of hydrogen-bond acceptors (Lipinski definition) is 24. The van der Waals surface area contributed by atoms with Crippen LogP contribution in [0.4, 0.5) is 0 Å². The lowest BCUT2D eigenvalue weighted by atomic mass is 9.84. The number of phosphoric ester groups is 1. The minimum atomic E-state index is -5.81. The Balaban J connectivity index is 1.91. The number of phosphoric acid groups is 1.